The first-order chi connectivity index (χ1) is 26.7. The van der Waals surface area contributed by atoms with Crippen molar-refractivity contribution in [1.29, 1.82) is 0 Å². The Kier molecular flexibility index (Phi) is 3.18. The van der Waals surface area contributed by atoms with Crippen LogP contribution in [0, 0.1) is 0 Å². The predicted octanol–water partition coefficient (Wildman–Crippen LogP) is 12.0. The average molecular weight is 560 g/mol. The van der Waals surface area contributed by atoms with Crippen molar-refractivity contribution in [2.75, 3.05) is 0 Å². The Hall–Kier alpha value is -5.66. The van der Waals surface area contributed by atoms with Crippen LogP contribution >= 0.6 is 0 Å². The van der Waals surface area contributed by atoms with Crippen molar-refractivity contribution in [1.82, 2.24) is 0 Å². The van der Waals surface area contributed by atoms with Crippen molar-refractivity contribution >= 4 is 54.1 Å². The van der Waals surface area contributed by atoms with E-state index in [2.05, 4.69) is 0 Å². The number of benzene rings is 8. The second-order valence-electron chi connectivity index (χ2n) is 10.3. The van der Waals surface area contributed by atoms with Gasteiger partial charge in [0.25, 0.3) is 0 Å². The van der Waals surface area contributed by atoms with Gasteiger partial charge in [-0.25, -0.2) is 0 Å². The van der Waals surface area contributed by atoms with Gasteiger partial charge in [-0.2, -0.15) is 0 Å². The molecule has 0 aliphatic heterocycles. The Morgan fingerprint density at radius 3 is 1.72 bits per heavy atom. The summed E-state index contributed by atoms with van der Waals surface area (Å²) in [4.78, 5) is 0. The van der Waals surface area contributed by atoms with E-state index in [1.807, 2.05) is 48.5 Å². The Labute approximate surface area is 267 Å². The number of para-hydroxylation sites is 1. The van der Waals surface area contributed by atoms with E-state index in [-0.39, 0.29) is 55.1 Å². The molecule has 0 amide bonds. The first-order valence-corrected chi connectivity index (χ1v) is 13.7. The number of hydrogen-bond acceptors (Lipinski definition) is 1. The largest absolute Gasteiger partial charge is 0.455 e. The molecule has 0 saturated heterocycles. The van der Waals surface area contributed by atoms with Gasteiger partial charge in [0.15, 0.2) is 0 Å². The molecule has 0 bridgehead atoms. The molecule has 0 radical (unpaired) electrons. The maximum absolute atomic E-state index is 9.44. The van der Waals surface area contributed by atoms with E-state index in [1.54, 1.807) is 30.3 Å². The number of furan rings is 1. The summed E-state index contributed by atoms with van der Waals surface area (Å²) in [6, 6.07) is 16.5. The van der Waals surface area contributed by atoms with Crippen molar-refractivity contribution in [3.05, 3.63) is 157 Å². The fourth-order valence-electron chi connectivity index (χ4n) is 6.17. The third-order valence-corrected chi connectivity index (χ3v) is 7.98. The van der Waals surface area contributed by atoms with Crippen molar-refractivity contribution in [2.24, 2.45) is 0 Å². The van der Waals surface area contributed by atoms with Crippen molar-refractivity contribution < 1.29 is 22.2 Å². The van der Waals surface area contributed by atoms with Crippen LogP contribution in [-0.2, 0) is 0 Å². The minimum atomic E-state index is -0.634. The lowest BCUT2D eigenvalue weighted by atomic mass is 9.84. The molecule has 0 N–H and O–H groups in total. The van der Waals surface area contributed by atoms with Gasteiger partial charge in [0.2, 0.25) is 0 Å². The van der Waals surface area contributed by atoms with Gasteiger partial charge in [0.05, 0.1) is 17.8 Å². The van der Waals surface area contributed by atoms with Crippen LogP contribution in [0.4, 0.5) is 0 Å². The lowest BCUT2D eigenvalue weighted by Gasteiger charge is -2.18. The van der Waals surface area contributed by atoms with Crippen LogP contribution < -0.4 is 0 Å². The molecular weight excluding hydrogens is 520 g/mol. The average Bonchev–Trinajstić information content (AvgIpc) is 3.59. The summed E-state index contributed by atoms with van der Waals surface area (Å²) in [6.45, 7) is 0. The molecule has 0 aliphatic rings. The van der Waals surface area contributed by atoms with Gasteiger partial charge in [-0.3, -0.25) is 0 Å². The Morgan fingerprint density at radius 2 is 0.977 bits per heavy atom. The zero-order chi connectivity index (χ0) is 39.6. The first kappa shape index (κ1) is 14.5. The monoisotopic (exact) mass is 559 g/mol. The maximum atomic E-state index is 9.44. The van der Waals surface area contributed by atoms with E-state index in [9.17, 15) is 5.48 Å². The minimum Gasteiger partial charge on any atom is -0.455 e. The molecule has 1 heteroatoms. The minimum absolute atomic E-state index is 0.0269. The van der Waals surface area contributed by atoms with Gasteiger partial charge in [-0.05, 0) is 66.3 Å². The maximum Gasteiger partial charge on any atom is 0.143 e. The second-order valence-corrected chi connectivity index (χ2v) is 10.3. The first-order valence-electron chi connectivity index (χ1n) is 20.2. The quantitative estimate of drug-likeness (QED) is 0.155. The molecule has 0 unspecified atom stereocenters. The van der Waals surface area contributed by atoms with E-state index in [1.165, 1.54) is 0 Å². The summed E-state index contributed by atoms with van der Waals surface area (Å²) < 4.78 is 122. The molecule has 0 aliphatic carbocycles. The van der Waals surface area contributed by atoms with E-state index in [0.29, 0.717) is 10.9 Å². The molecule has 0 fully saturated rings. The molecule has 43 heavy (non-hydrogen) atoms. The van der Waals surface area contributed by atoms with Crippen LogP contribution in [0.25, 0.3) is 87.6 Å². The standard InChI is InChI=1S/C42H26O/c1-2-13-28(14-3-1)42-41(37-20-10-11-21-38(37)43-42)40-35-18-8-6-16-33(35)39(34-17-7-9-19-36(34)40)30-24-25-32-29(26-30)23-22-27-12-4-5-15-31(27)32/h1-26H/i1D,2D,3D,6D,7D,8D,9D,13D,14D,16D,17D,18D,19D. The van der Waals surface area contributed by atoms with Crippen LogP contribution in [0.1, 0.15) is 17.8 Å². The molecular formula is C42H26O. The summed E-state index contributed by atoms with van der Waals surface area (Å²) in [5.41, 5.74) is 0.461. The van der Waals surface area contributed by atoms with Crippen LogP contribution in [0.2, 0.25) is 0 Å². The third kappa shape index (κ3) is 3.65. The molecule has 9 aromatic rings. The number of fused-ring (bicyclic) bond motifs is 6. The molecule has 0 spiro atoms. The zero-order valence-corrected chi connectivity index (χ0v) is 22.4. The lowest BCUT2D eigenvalue weighted by molar-refractivity contribution is 0.632. The predicted molar refractivity (Wildman–Crippen MR) is 183 cm³/mol. The highest BCUT2D eigenvalue weighted by Crippen LogP contribution is 2.49. The lowest BCUT2D eigenvalue weighted by Crippen LogP contribution is -1.92. The SMILES string of the molecule is [2H]c1c([2H])c([2H])c(-c2oc3ccccc3c2-c2c3c([2H])c([2H])c([2H])c([2H])c3c(-c3ccc4c(ccc5ccccc54)c3)c3c([2H])c([2H])c([2H])c([2H])c23)c([2H])c1[2H]. The van der Waals surface area contributed by atoms with Crippen molar-refractivity contribution in [3.8, 4) is 33.6 Å². The van der Waals surface area contributed by atoms with Gasteiger partial charge in [-0.15, -0.1) is 0 Å². The fourth-order valence-corrected chi connectivity index (χ4v) is 6.17. The molecule has 8 aromatic carbocycles. The van der Waals surface area contributed by atoms with E-state index in [0.717, 1.165) is 21.5 Å². The smallest absolute Gasteiger partial charge is 0.143 e. The highest BCUT2D eigenvalue weighted by atomic mass is 16.3. The molecule has 1 aromatic heterocycles. The van der Waals surface area contributed by atoms with Gasteiger partial charge in [-0.1, -0.05) is 145 Å². The Bertz CT molecular complexity index is 3130. The van der Waals surface area contributed by atoms with Gasteiger partial charge < -0.3 is 4.42 Å². The molecule has 1 heterocycles. The van der Waals surface area contributed by atoms with E-state index in [4.69, 9.17) is 16.8 Å². The highest BCUT2D eigenvalue weighted by molar-refractivity contribution is 6.25. The summed E-state index contributed by atoms with van der Waals surface area (Å²) in [5.74, 6) is -0.226. The summed E-state index contributed by atoms with van der Waals surface area (Å²) in [7, 11) is 0. The molecule has 200 valence electrons. The highest BCUT2D eigenvalue weighted by Gasteiger charge is 2.23. The van der Waals surface area contributed by atoms with Crippen molar-refractivity contribution in [3.63, 3.8) is 0 Å². The summed E-state index contributed by atoms with van der Waals surface area (Å²) in [5, 5.41) is 3.77. The van der Waals surface area contributed by atoms with E-state index >= 15 is 0 Å². The second kappa shape index (κ2) is 9.44. The Morgan fingerprint density at radius 1 is 0.395 bits per heavy atom. The third-order valence-electron chi connectivity index (χ3n) is 7.98. The summed E-state index contributed by atoms with van der Waals surface area (Å²) in [6.07, 6.45) is 0. The van der Waals surface area contributed by atoms with Gasteiger partial charge >= 0.3 is 0 Å². The number of rotatable bonds is 3. The zero-order valence-electron chi connectivity index (χ0n) is 35.4. The molecule has 1 nitrogen and oxygen atoms in total. The molecule has 0 saturated carbocycles. The van der Waals surface area contributed by atoms with Crippen LogP contribution in [0.5, 0.6) is 0 Å². The van der Waals surface area contributed by atoms with Gasteiger partial charge in [0, 0.05) is 22.1 Å². The molecule has 9 rings (SSSR count). The fraction of sp³-hybridized carbons (Fsp3) is 0. The van der Waals surface area contributed by atoms with Gasteiger partial charge in [0.1, 0.15) is 11.3 Å². The normalized spacial score (nSPS) is 16.0. The topological polar surface area (TPSA) is 13.1 Å². The van der Waals surface area contributed by atoms with Crippen LogP contribution in [0.3, 0.4) is 0 Å². The van der Waals surface area contributed by atoms with Crippen molar-refractivity contribution in [2.45, 2.75) is 0 Å². The van der Waals surface area contributed by atoms with E-state index < -0.39 is 78.6 Å². The van der Waals surface area contributed by atoms with Crippen LogP contribution in [-0.4, -0.2) is 0 Å². The number of hydrogen-bond donors (Lipinski definition) is 0. The van der Waals surface area contributed by atoms with Crippen LogP contribution in [0.15, 0.2) is 162 Å². The molecule has 0 atom stereocenters. The Balaban J connectivity index is 1.57. The summed E-state index contributed by atoms with van der Waals surface area (Å²) >= 11 is 0.